The maximum atomic E-state index is 13.2. The smallest absolute Gasteiger partial charge is 0.415 e. The number of ether oxygens (including phenoxy) is 4. The highest BCUT2D eigenvalue weighted by Gasteiger charge is 2.25. The molecule has 1 aromatic carbocycles. The Labute approximate surface area is 256 Å². The lowest BCUT2D eigenvalue weighted by Gasteiger charge is -2.29. The summed E-state index contributed by atoms with van der Waals surface area (Å²) in [7, 11) is 3.19. The lowest BCUT2D eigenvalue weighted by atomic mass is 9.81. The van der Waals surface area contributed by atoms with Crippen LogP contribution in [0.5, 0.6) is 5.75 Å². The average Bonchev–Trinajstić information content (AvgIpc) is 2.93. The van der Waals surface area contributed by atoms with E-state index in [0.29, 0.717) is 11.1 Å². The zero-order chi connectivity index (χ0) is 32.3. The van der Waals surface area contributed by atoms with Crippen molar-refractivity contribution in [3.05, 3.63) is 41.0 Å². The number of carbonyl (C=O) groups is 4. The summed E-state index contributed by atoms with van der Waals surface area (Å²) in [5, 5.41) is 0. The molecule has 1 aromatic rings. The fourth-order valence-corrected chi connectivity index (χ4v) is 4.35. The van der Waals surface area contributed by atoms with E-state index < -0.39 is 24.1 Å². The summed E-state index contributed by atoms with van der Waals surface area (Å²) in [6, 6.07) is 3.53. The minimum Gasteiger partial charge on any atom is -0.460 e. The fourth-order valence-electron chi connectivity index (χ4n) is 4.35. The maximum absolute atomic E-state index is 13.2. The normalized spacial score (nSPS) is 17.0. The zero-order valence-corrected chi connectivity index (χ0v) is 27.4. The molecule has 0 aliphatic heterocycles. The van der Waals surface area contributed by atoms with Crippen molar-refractivity contribution in [2.45, 2.75) is 93.5 Å². The Hall–Kier alpha value is -3.56. The highest BCUT2D eigenvalue weighted by atomic mass is 16.6. The van der Waals surface area contributed by atoms with Crippen LogP contribution in [0.2, 0.25) is 0 Å². The van der Waals surface area contributed by atoms with Crippen LogP contribution in [0.4, 0.5) is 9.59 Å². The molecule has 0 saturated heterocycles. The molecule has 240 valence electrons. The quantitative estimate of drug-likeness (QED) is 0.162. The minimum atomic E-state index is -0.677. The fraction of sp³-hybridized carbons (Fsp3) is 0.636. The molecule has 10 nitrogen and oxygen atoms in total. The van der Waals surface area contributed by atoms with Gasteiger partial charge in [-0.15, -0.1) is 0 Å². The van der Waals surface area contributed by atoms with Crippen molar-refractivity contribution in [1.29, 1.82) is 0 Å². The largest absolute Gasteiger partial charge is 0.460 e. The van der Waals surface area contributed by atoms with Crippen LogP contribution >= 0.6 is 0 Å². The second-order valence-corrected chi connectivity index (χ2v) is 12.7. The van der Waals surface area contributed by atoms with E-state index in [1.807, 2.05) is 13.0 Å². The topological polar surface area (TPSA) is 112 Å². The van der Waals surface area contributed by atoms with E-state index in [4.69, 9.17) is 18.9 Å². The molecule has 43 heavy (non-hydrogen) atoms. The Morgan fingerprint density at radius 2 is 1.37 bits per heavy atom. The first-order chi connectivity index (χ1) is 20.1. The molecule has 10 heteroatoms. The number of allylic oxidation sites excluding steroid dienone is 1. The zero-order valence-electron chi connectivity index (χ0n) is 27.4. The molecular weight excluding hydrogens is 552 g/mol. The van der Waals surface area contributed by atoms with Crippen molar-refractivity contribution in [3.63, 3.8) is 0 Å². The van der Waals surface area contributed by atoms with Crippen molar-refractivity contribution in [3.8, 4) is 5.75 Å². The predicted molar refractivity (Wildman–Crippen MR) is 163 cm³/mol. The van der Waals surface area contributed by atoms with Gasteiger partial charge in [0.2, 0.25) is 0 Å². The first kappa shape index (κ1) is 35.6. The van der Waals surface area contributed by atoms with Crippen molar-refractivity contribution < 1.29 is 38.1 Å². The van der Waals surface area contributed by atoms with Gasteiger partial charge in [0.25, 0.3) is 0 Å². The first-order valence-corrected chi connectivity index (χ1v) is 15.1. The molecule has 0 bridgehead atoms. The third-order valence-corrected chi connectivity index (χ3v) is 7.35. The number of carbonyl (C=O) groups excluding carboxylic acids is 4. The van der Waals surface area contributed by atoms with Crippen LogP contribution in [0.15, 0.2) is 24.3 Å². The Kier molecular flexibility index (Phi) is 13.5. The second kappa shape index (κ2) is 16.3. The summed E-state index contributed by atoms with van der Waals surface area (Å²) in [4.78, 5) is 53.0. The Morgan fingerprint density at radius 1 is 0.860 bits per heavy atom. The Balaban J connectivity index is 2.09. The Bertz CT molecular complexity index is 1110. The number of nitrogens with zero attached hydrogens (tertiary/aromatic N) is 2. The number of hydrogen-bond acceptors (Lipinski definition) is 8. The summed E-state index contributed by atoms with van der Waals surface area (Å²) in [5.41, 5.74) is 1.97. The van der Waals surface area contributed by atoms with E-state index in [1.165, 1.54) is 9.80 Å². The number of rotatable bonds is 11. The molecule has 0 fully saturated rings. The van der Waals surface area contributed by atoms with Gasteiger partial charge in [-0.25, -0.2) is 9.59 Å². The average molecular weight is 603 g/mol. The van der Waals surface area contributed by atoms with Gasteiger partial charge in [0.1, 0.15) is 25.1 Å². The highest BCUT2D eigenvalue weighted by Crippen LogP contribution is 2.32. The van der Waals surface area contributed by atoms with Crippen LogP contribution < -0.4 is 4.74 Å². The van der Waals surface area contributed by atoms with Gasteiger partial charge in [0.05, 0.1) is 11.8 Å². The Morgan fingerprint density at radius 3 is 1.88 bits per heavy atom. The number of likely N-dealkylation sites (N-methyl/N-ethyl adjacent to an activating group) is 2. The highest BCUT2D eigenvalue weighted by molar-refractivity contribution is 5.74. The molecule has 1 atom stereocenters. The number of aryl methyl sites for hydroxylation is 1. The number of amides is 2. The molecule has 0 N–H and O–H groups in total. The predicted octanol–water partition coefficient (Wildman–Crippen LogP) is 6.42. The van der Waals surface area contributed by atoms with E-state index in [1.54, 1.807) is 53.9 Å². The van der Waals surface area contributed by atoms with Gasteiger partial charge < -0.3 is 28.7 Å². The van der Waals surface area contributed by atoms with E-state index >= 15 is 0 Å². The SMILES string of the molecule is Cc1cc(COC(=O)C(C)C)c(OC(=O)N(C)CCN(C)C(=O)O[C@@H]2/C=C/CCC(C)(C)CC2)c(COC(=O)C(C)C)c1. The maximum Gasteiger partial charge on any atom is 0.415 e. The van der Waals surface area contributed by atoms with Gasteiger partial charge in [0, 0.05) is 38.3 Å². The molecular formula is C33H50N2O8. The number of benzene rings is 1. The summed E-state index contributed by atoms with van der Waals surface area (Å²) < 4.78 is 22.4. The molecule has 0 radical (unpaired) electrons. The molecule has 2 amide bonds. The van der Waals surface area contributed by atoms with E-state index in [9.17, 15) is 19.2 Å². The van der Waals surface area contributed by atoms with Crippen LogP contribution in [-0.2, 0) is 37.0 Å². The lowest BCUT2D eigenvalue weighted by molar-refractivity contribution is -0.149. The van der Waals surface area contributed by atoms with Gasteiger partial charge in [-0.3, -0.25) is 9.59 Å². The van der Waals surface area contributed by atoms with Gasteiger partial charge >= 0.3 is 24.1 Å². The summed E-state index contributed by atoms with van der Waals surface area (Å²) >= 11 is 0. The minimum absolute atomic E-state index is 0.114. The van der Waals surface area contributed by atoms with Crippen molar-refractivity contribution in [2.75, 3.05) is 27.2 Å². The number of esters is 2. The second-order valence-electron chi connectivity index (χ2n) is 12.7. The van der Waals surface area contributed by atoms with Crippen LogP contribution in [0.1, 0.15) is 83.9 Å². The van der Waals surface area contributed by atoms with E-state index in [0.717, 1.165) is 31.2 Å². The van der Waals surface area contributed by atoms with Gasteiger partial charge in [-0.05, 0) is 56.2 Å². The molecule has 2 rings (SSSR count). The third kappa shape index (κ3) is 11.9. The van der Waals surface area contributed by atoms with Gasteiger partial charge in [-0.2, -0.15) is 0 Å². The van der Waals surface area contributed by atoms with Gasteiger partial charge in [0.15, 0.2) is 0 Å². The lowest BCUT2D eigenvalue weighted by Crippen LogP contribution is -2.39. The van der Waals surface area contributed by atoms with Crippen molar-refractivity contribution >= 4 is 24.1 Å². The van der Waals surface area contributed by atoms with Crippen molar-refractivity contribution in [2.24, 2.45) is 17.3 Å². The van der Waals surface area contributed by atoms with E-state index in [-0.39, 0.29) is 55.4 Å². The van der Waals surface area contributed by atoms with Crippen LogP contribution in [0.3, 0.4) is 0 Å². The monoisotopic (exact) mass is 602 g/mol. The summed E-state index contributed by atoms with van der Waals surface area (Å²) in [6.45, 7) is 13.4. The number of hydrogen-bond donors (Lipinski definition) is 0. The first-order valence-electron chi connectivity index (χ1n) is 15.1. The van der Waals surface area contributed by atoms with Crippen LogP contribution in [0, 0.1) is 24.2 Å². The van der Waals surface area contributed by atoms with E-state index in [2.05, 4.69) is 19.9 Å². The van der Waals surface area contributed by atoms with Crippen molar-refractivity contribution in [1.82, 2.24) is 9.80 Å². The molecule has 0 spiro atoms. The third-order valence-electron chi connectivity index (χ3n) is 7.35. The summed E-state index contributed by atoms with van der Waals surface area (Å²) in [6.07, 6.45) is 6.38. The van der Waals surface area contributed by atoms with Crippen LogP contribution in [-0.4, -0.2) is 67.2 Å². The van der Waals surface area contributed by atoms with Crippen LogP contribution in [0.25, 0.3) is 0 Å². The molecule has 0 unspecified atom stereocenters. The standard InChI is InChI=1S/C33H50N2O8/c1-22(2)29(36)40-20-25-18-24(5)19-26(21-41-30(37)23(3)4)28(25)43-32(39)35(9)17-16-34(8)31(38)42-27-12-10-11-14-33(6,7)15-13-27/h10,12,18-19,22-23,27H,11,13-17,20-21H2,1-9H3/b12-10+/t27-/m1/s1. The summed E-state index contributed by atoms with van der Waals surface area (Å²) in [5.74, 6) is -1.27. The molecule has 1 aliphatic rings. The molecule has 0 heterocycles. The molecule has 0 saturated carbocycles. The molecule has 0 aromatic heterocycles. The molecule has 1 aliphatic carbocycles. The van der Waals surface area contributed by atoms with Gasteiger partial charge in [-0.1, -0.05) is 53.2 Å².